The number of amides is 3. The molecule has 4 heterocycles. The van der Waals surface area contributed by atoms with E-state index in [9.17, 15) is 19.5 Å². The second kappa shape index (κ2) is 10.6. The molecular formula is C31H37FN4O5Si. The van der Waals surface area contributed by atoms with E-state index >= 15 is 4.11 Å². The number of hydrogen-bond donors (Lipinski definition) is 4. The van der Waals surface area contributed by atoms with Crippen LogP contribution in [-0.2, 0) is 31.1 Å². The molecule has 11 heteroatoms. The number of hydrogen-bond acceptors (Lipinski definition) is 5. The van der Waals surface area contributed by atoms with Gasteiger partial charge in [0.15, 0.2) is 5.60 Å². The number of rotatable bonds is 7. The van der Waals surface area contributed by atoms with E-state index in [1.54, 1.807) is 36.2 Å². The fraction of sp³-hybridized carbons (Fsp3) is 0.452. The topological polar surface area (TPSA) is 124 Å². The van der Waals surface area contributed by atoms with Crippen molar-refractivity contribution in [2.45, 2.75) is 69.0 Å². The number of anilines is 2. The first-order valence-corrected chi connectivity index (χ1v) is 17.6. The molecule has 1 spiro atoms. The molecule has 0 aliphatic carbocycles. The molecule has 2 fully saturated rings. The molecule has 5 atom stereocenters. The molecule has 3 aliphatic rings. The highest BCUT2D eigenvalue weighted by Gasteiger charge is 2.65. The van der Waals surface area contributed by atoms with Crippen LogP contribution in [0.15, 0.2) is 48.7 Å². The van der Waals surface area contributed by atoms with Crippen LogP contribution in [0.2, 0.25) is 18.6 Å². The number of aliphatic hydroxyl groups excluding tert-OH is 1. The number of H-pyrrole nitrogens is 1. The summed E-state index contributed by atoms with van der Waals surface area (Å²) in [5, 5.41) is 16.5. The summed E-state index contributed by atoms with van der Waals surface area (Å²) in [5.74, 6) is -1.34. The smallest absolute Gasteiger partial charge is 0.261 e. The van der Waals surface area contributed by atoms with Crippen molar-refractivity contribution >= 4 is 48.4 Å². The Labute approximate surface area is 245 Å². The first-order chi connectivity index (χ1) is 20.0. The largest absolute Gasteiger partial charge is 0.394 e. The highest BCUT2D eigenvalue weighted by Crippen LogP contribution is 2.59. The van der Waals surface area contributed by atoms with Crippen LogP contribution >= 0.6 is 0 Å². The van der Waals surface area contributed by atoms with Crippen molar-refractivity contribution in [3.05, 3.63) is 59.8 Å². The normalized spacial score (nSPS) is 27.1. The number of fused-ring (bicyclic) bond motifs is 3. The van der Waals surface area contributed by atoms with Crippen LogP contribution in [0, 0.1) is 5.92 Å². The van der Waals surface area contributed by atoms with E-state index < -0.39 is 31.6 Å². The highest BCUT2D eigenvalue weighted by atomic mass is 28.4. The maximum absolute atomic E-state index is 15.9. The number of carbonyl (C=O) groups excluding carboxylic acids is 3. The molecule has 0 saturated carbocycles. The van der Waals surface area contributed by atoms with Gasteiger partial charge in [-0.05, 0) is 55.8 Å². The Hall–Kier alpha value is -3.54. The minimum absolute atomic E-state index is 0.0583. The molecule has 2 aromatic carbocycles. The van der Waals surface area contributed by atoms with Crippen LogP contribution in [0.5, 0.6) is 0 Å². The van der Waals surface area contributed by atoms with Gasteiger partial charge in [-0.2, -0.15) is 0 Å². The number of ether oxygens (including phenoxy) is 1. The van der Waals surface area contributed by atoms with E-state index in [1.807, 2.05) is 37.4 Å². The fourth-order valence-corrected chi connectivity index (χ4v) is 9.94. The molecule has 4 N–H and O–H groups in total. The number of nitrogens with zero attached hydrogens (tertiary/aromatic N) is 1. The summed E-state index contributed by atoms with van der Waals surface area (Å²) in [6, 6.07) is 12.7. The first kappa shape index (κ1) is 28.6. The van der Waals surface area contributed by atoms with Gasteiger partial charge in [-0.1, -0.05) is 25.1 Å². The Morgan fingerprint density at radius 2 is 2.02 bits per heavy atom. The Morgan fingerprint density at radius 1 is 1.24 bits per heavy atom. The van der Waals surface area contributed by atoms with E-state index in [1.165, 1.54) is 0 Å². The lowest BCUT2D eigenvalue weighted by atomic mass is 9.82. The van der Waals surface area contributed by atoms with Crippen LogP contribution < -0.4 is 10.6 Å². The predicted octanol–water partition coefficient (Wildman–Crippen LogP) is 4.45. The highest BCUT2D eigenvalue weighted by molar-refractivity contribution is 6.72. The fourth-order valence-electron chi connectivity index (χ4n) is 7.44. The first-order valence-electron chi connectivity index (χ1n) is 14.6. The maximum atomic E-state index is 15.9. The summed E-state index contributed by atoms with van der Waals surface area (Å²) in [4.78, 5) is 44.9. The van der Waals surface area contributed by atoms with Crippen molar-refractivity contribution in [3.63, 3.8) is 0 Å². The van der Waals surface area contributed by atoms with Crippen molar-refractivity contribution in [1.82, 2.24) is 9.88 Å². The summed E-state index contributed by atoms with van der Waals surface area (Å²) >= 11 is 0. The monoisotopic (exact) mass is 592 g/mol. The van der Waals surface area contributed by atoms with E-state index in [0.29, 0.717) is 23.5 Å². The number of benzene rings is 2. The zero-order valence-corrected chi connectivity index (χ0v) is 25.1. The third-order valence-electron chi connectivity index (χ3n) is 9.31. The van der Waals surface area contributed by atoms with Crippen LogP contribution in [0.3, 0.4) is 0 Å². The van der Waals surface area contributed by atoms with Crippen molar-refractivity contribution in [3.8, 4) is 0 Å². The minimum Gasteiger partial charge on any atom is -0.394 e. The molecule has 0 unspecified atom stereocenters. The Balaban J connectivity index is 1.27. The molecule has 3 amide bonds. The molecule has 222 valence electrons. The van der Waals surface area contributed by atoms with Crippen molar-refractivity contribution in [1.29, 1.82) is 0 Å². The number of para-hydroxylation sites is 1. The number of halogens is 1. The molecule has 42 heavy (non-hydrogen) atoms. The average Bonchev–Trinajstić information content (AvgIpc) is 3.70. The lowest BCUT2D eigenvalue weighted by Gasteiger charge is -2.31. The molecule has 0 radical (unpaired) electrons. The van der Waals surface area contributed by atoms with Crippen molar-refractivity contribution < 1.29 is 28.3 Å². The van der Waals surface area contributed by atoms with Gasteiger partial charge in [0, 0.05) is 52.0 Å². The number of aromatic amines is 1. The Morgan fingerprint density at radius 3 is 2.79 bits per heavy atom. The van der Waals surface area contributed by atoms with Gasteiger partial charge >= 0.3 is 0 Å². The molecule has 2 saturated heterocycles. The number of nitrogens with one attached hydrogen (secondary N) is 3. The molecule has 1 aromatic heterocycles. The lowest BCUT2D eigenvalue weighted by molar-refractivity contribution is -0.148. The molecule has 3 aliphatic heterocycles. The maximum Gasteiger partial charge on any atom is 0.261 e. The number of carbonyl (C=O) groups is 3. The standard InChI is InChI=1S/C31H37FN4O5Si/c1-18-29(42(2,3)32)26(15-28(39)36-12-6-7-21(36)17-37)41-31(18)23-14-20(10-11-25(23)35-30(31)40)34-27(38)13-19-16-33-24-9-5-4-8-22(19)24/h4-5,8-11,14,16,18,21,26,29,33,37H,6-7,12-13,15,17H2,1-3H3,(H,34,38)(H,35,40)/t18-,21-,26+,29-,31+/m0/s1. The average molecular weight is 593 g/mol. The zero-order valence-electron chi connectivity index (χ0n) is 24.1. The van der Waals surface area contributed by atoms with Crippen molar-refractivity contribution in [2.24, 2.45) is 5.92 Å². The summed E-state index contributed by atoms with van der Waals surface area (Å²) < 4.78 is 22.5. The summed E-state index contributed by atoms with van der Waals surface area (Å²) in [6.07, 6.45) is 2.67. The molecular weight excluding hydrogens is 555 g/mol. The van der Waals surface area contributed by atoms with Gasteiger partial charge in [0.1, 0.15) is 0 Å². The van der Waals surface area contributed by atoms with E-state index in [-0.39, 0.29) is 43.2 Å². The van der Waals surface area contributed by atoms with Crippen LogP contribution in [0.4, 0.5) is 15.5 Å². The predicted molar refractivity (Wildman–Crippen MR) is 160 cm³/mol. The van der Waals surface area contributed by atoms with Gasteiger partial charge in [-0.25, -0.2) is 0 Å². The summed E-state index contributed by atoms with van der Waals surface area (Å²) in [7, 11) is -3.42. The molecule has 9 nitrogen and oxygen atoms in total. The number of aromatic nitrogens is 1. The quantitative estimate of drug-likeness (QED) is 0.239. The molecule has 3 aromatic rings. The number of aliphatic hydroxyl groups is 1. The zero-order chi connectivity index (χ0) is 29.8. The third kappa shape index (κ3) is 4.73. The summed E-state index contributed by atoms with van der Waals surface area (Å²) in [6.45, 7) is 5.44. The Bertz CT molecular complexity index is 1550. The lowest BCUT2D eigenvalue weighted by Crippen LogP contribution is -2.42. The van der Waals surface area contributed by atoms with Gasteiger partial charge in [0.2, 0.25) is 20.2 Å². The van der Waals surface area contributed by atoms with Gasteiger partial charge in [0.25, 0.3) is 5.91 Å². The number of likely N-dealkylation sites (tertiary alicyclic amines) is 1. The van der Waals surface area contributed by atoms with Gasteiger partial charge < -0.3 is 34.5 Å². The van der Waals surface area contributed by atoms with Crippen LogP contribution in [0.25, 0.3) is 10.9 Å². The molecule has 6 rings (SSSR count). The minimum atomic E-state index is -3.42. The van der Waals surface area contributed by atoms with E-state index in [0.717, 1.165) is 29.3 Å². The SMILES string of the molecule is C[C@H]1[C@H]([Si](C)(C)F)[C@@H](CC(=O)N2CCC[C@H]2CO)O[C@]12C(=O)Nc1ccc(NC(=O)Cc3c[nH]c4ccccc34)cc12. The van der Waals surface area contributed by atoms with Gasteiger partial charge in [-0.15, -0.1) is 0 Å². The second-order valence-corrected chi connectivity index (χ2v) is 16.1. The second-order valence-electron chi connectivity index (χ2n) is 12.3. The van der Waals surface area contributed by atoms with E-state index in [4.69, 9.17) is 4.74 Å². The third-order valence-corrected chi connectivity index (χ3v) is 11.8. The van der Waals surface area contributed by atoms with Crippen LogP contribution in [-0.4, -0.2) is 66.4 Å². The van der Waals surface area contributed by atoms with Gasteiger partial charge in [0.05, 0.1) is 31.6 Å². The Kier molecular flexibility index (Phi) is 7.23. The summed E-state index contributed by atoms with van der Waals surface area (Å²) in [5.41, 5.74) is 1.31. The van der Waals surface area contributed by atoms with Gasteiger partial charge in [-0.3, -0.25) is 14.4 Å². The van der Waals surface area contributed by atoms with Crippen LogP contribution in [0.1, 0.15) is 37.3 Å². The van der Waals surface area contributed by atoms with E-state index in [2.05, 4.69) is 15.6 Å². The molecule has 0 bridgehead atoms. The van der Waals surface area contributed by atoms with Crippen molar-refractivity contribution in [2.75, 3.05) is 23.8 Å².